The van der Waals surface area contributed by atoms with Crippen molar-refractivity contribution in [2.75, 3.05) is 27.2 Å². The number of hydrogen-bond acceptors (Lipinski definition) is 4. The van der Waals surface area contributed by atoms with E-state index in [-0.39, 0.29) is 11.8 Å². The van der Waals surface area contributed by atoms with Crippen LogP contribution in [0.25, 0.3) is 11.3 Å². The minimum atomic E-state index is -0.211. The third-order valence-corrected chi connectivity index (χ3v) is 4.11. The lowest BCUT2D eigenvalue weighted by Crippen LogP contribution is -2.53. The molecule has 1 aliphatic carbocycles. The number of hydrogen-bond donors (Lipinski definition) is 1. The molecule has 2 aliphatic rings. The highest BCUT2D eigenvalue weighted by Gasteiger charge is 2.33. The molecule has 110 valence electrons. The standard InChI is InChI=1S/C16H19N3O2/c1-18(2)8-9-19-15(20)11-5-3-4-10-13(17)7-6-12(14(10)11)16(19)21/h3-5H,6-9,17H2,1-2H3. The van der Waals surface area contributed by atoms with Crippen LogP contribution in [0.3, 0.4) is 0 Å². The molecule has 0 bridgehead atoms. The Morgan fingerprint density at radius 1 is 1.19 bits per heavy atom. The van der Waals surface area contributed by atoms with E-state index in [1.807, 2.05) is 31.1 Å². The molecule has 5 heteroatoms. The van der Waals surface area contributed by atoms with Gasteiger partial charge in [-0.3, -0.25) is 14.5 Å². The van der Waals surface area contributed by atoms with E-state index in [0.717, 1.165) is 21.7 Å². The second kappa shape index (κ2) is 5.00. The summed E-state index contributed by atoms with van der Waals surface area (Å²) in [7, 11) is 3.85. The Hall–Kier alpha value is -2.14. The van der Waals surface area contributed by atoms with Crippen LogP contribution in [0.4, 0.5) is 0 Å². The molecule has 0 spiro atoms. The molecule has 0 saturated carbocycles. The van der Waals surface area contributed by atoms with E-state index in [0.29, 0.717) is 31.5 Å². The van der Waals surface area contributed by atoms with Crippen LogP contribution in [0, 0.1) is 0 Å². The number of carbonyl (C=O) groups is 2. The molecule has 1 aliphatic heterocycles. The summed E-state index contributed by atoms with van der Waals surface area (Å²) < 4.78 is 0. The lowest BCUT2D eigenvalue weighted by atomic mass is 9.90. The number of amides is 2. The fraction of sp³-hybridized carbons (Fsp3) is 0.375. The first-order valence-electron chi connectivity index (χ1n) is 7.12. The number of carbonyl (C=O) groups excluding carboxylic acids is 2. The van der Waals surface area contributed by atoms with E-state index in [9.17, 15) is 9.59 Å². The van der Waals surface area contributed by atoms with Gasteiger partial charge >= 0.3 is 0 Å². The van der Waals surface area contributed by atoms with Gasteiger partial charge in [0.2, 0.25) is 0 Å². The fourth-order valence-electron chi connectivity index (χ4n) is 2.96. The summed E-state index contributed by atoms with van der Waals surface area (Å²) >= 11 is 0. The minimum Gasteiger partial charge on any atom is -0.402 e. The Labute approximate surface area is 123 Å². The Morgan fingerprint density at radius 3 is 2.67 bits per heavy atom. The van der Waals surface area contributed by atoms with Crippen LogP contribution in [0.5, 0.6) is 0 Å². The van der Waals surface area contributed by atoms with Crippen molar-refractivity contribution in [3.63, 3.8) is 0 Å². The van der Waals surface area contributed by atoms with Gasteiger partial charge in [-0.25, -0.2) is 0 Å². The number of imide groups is 1. The Morgan fingerprint density at radius 2 is 1.95 bits per heavy atom. The van der Waals surface area contributed by atoms with Crippen molar-refractivity contribution < 1.29 is 9.59 Å². The van der Waals surface area contributed by atoms with E-state index in [1.165, 1.54) is 4.90 Å². The van der Waals surface area contributed by atoms with Crippen LogP contribution < -0.4 is 16.2 Å². The third kappa shape index (κ3) is 2.14. The van der Waals surface area contributed by atoms with Crippen LogP contribution in [-0.4, -0.2) is 48.8 Å². The fourth-order valence-corrected chi connectivity index (χ4v) is 2.96. The molecule has 1 aromatic rings. The van der Waals surface area contributed by atoms with E-state index in [1.54, 1.807) is 6.07 Å². The number of nitrogens with zero attached hydrogens (tertiary/aromatic N) is 2. The van der Waals surface area contributed by atoms with Gasteiger partial charge in [0, 0.05) is 40.4 Å². The van der Waals surface area contributed by atoms with Crippen LogP contribution in [0.15, 0.2) is 18.2 Å². The zero-order valence-electron chi connectivity index (χ0n) is 12.3. The molecule has 0 atom stereocenters. The number of nitrogens with two attached hydrogens (primary N) is 1. The molecule has 5 nitrogen and oxygen atoms in total. The van der Waals surface area contributed by atoms with Gasteiger partial charge in [0.15, 0.2) is 0 Å². The molecular weight excluding hydrogens is 266 g/mol. The first-order chi connectivity index (χ1) is 10.0. The molecule has 2 N–H and O–H groups in total. The highest BCUT2D eigenvalue weighted by molar-refractivity contribution is 6.24. The second-order valence-electron chi connectivity index (χ2n) is 5.80. The minimum absolute atomic E-state index is 0.158. The van der Waals surface area contributed by atoms with Crippen LogP contribution in [0.1, 0.15) is 23.2 Å². The Kier molecular flexibility index (Phi) is 3.29. The molecule has 0 saturated heterocycles. The molecule has 0 fully saturated rings. The second-order valence-corrected chi connectivity index (χ2v) is 5.80. The maximum Gasteiger partial charge on any atom is 0.261 e. The monoisotopic (exact) mass is 285 g/mol. The van der Waals surface area contributed by atoms with Crippen molar-refractivity contribution in [2.45, 2.75) is 12.8 Å². The van der Waals surface area contributed by atoms with Gasteiger partial charge in [-0.1, -0.05) is 12.1 Å². The first-order valence-corrected chi connectivity index (χ1v) is 7.12. The highest BCUT2D eigenvalue weighted by Crippen LogP contribution is 2.20. The van der Waals surface area contributed by atoms with Gasteiger partial charge in [0.25, 0.3) is 11.8 Å². The molecule has 0 aromatic heterocycles. The van der Waals surface area contributed by atoms with Gasteiger partial charge in [0.1, 0.15) is 0 Å². The van der Waals surface area contributed by atoms with Crippen molar-refractivity contribution in [3.05, 3.63) is 34.2 Å². The van der Waals surface area contributed by atoms with E-state index in [2.05, 4.69) is 0 Å². The molecule has 2 amide bonds. The first kappa shape index (κ1) is 13.8. The largest absolute Gasteiger partial charge is 0.402 e. The van der Waals surface area contributed by atoms with Crippen molar-refractivity contribution in [2.24, 2.45) is 5.73 Å². The zero-order chi connectivity index (χ0) is 15.1. The third-order valence-electron chi connectivity index (χ3n) is 4.11. The van der Waals surface area contributed by atoms with Crippen molar-refractivity contribution >= 4 is 23.1 Å². The highest BCUT2D eigenvalue weighted by atomic mass is 16.2. The van der Waals surface area contributed by atoms with Crippen molar-refractivity contribution in [1.82, 2.24) is 9.80 Å². The lowest BCUT2D eigenvalue weighted by molar-refractivity contribution is -0.123. The smallest absolute Gasteiger partial charge is 0.261 e. The summed E-state index contributed by atoms with van der Waals surface area (Å²) in [5, 5.41) is 1.61. The van der Waals surface area contributed by atoms with E-state index >= 15 is 0 Å². The van der Waals surface area contributed by atoms with Crippen molar-refractivity contribution in [3.8, 4) is 0 Å². The molecule has 0 unspecified atom stereocenters. The quantitative estimate of drug-likeness (QED) is 0.742. The average molecular weight is 285 g/mol. The SMILES string of the molecule is CN(C)CCN1C(=O)C2=c3c(cccc3=C(N)CC2)C1=O. The average Bonchev–Trinajstić information content (AvgIpc) is 2.45. The molecule has 1 heterocycles. The number of likely N-dealkylation sites (N-methyl/N-ethyl adjacent to an activating group) is 1. The molecule has 0 radical (unpaired) electrons. The van der Waals surface area contributed by atoms with E-state index < -0.39 is 0 Å². The van der Waals surface area contributed by atoms with Crippen LogP contribution >= 0.6 is 0 Å². The Bertz CT molecular complexity index is 749. The summed E-state index contributed by atoms with van der Waals surface area (Å²) in [5.74, 6) is -0.369. The maximum absolute atomic E-state index is 12.6. The normalized spacial score (nSPS) is 17.6. The topological polar surface area (TPSA) is 66.6 Å². The van der Waals surface area contributed by atoms with Crippen LogP contribution in [-0.2, 0) is 4.79 Å². The summed E-state index contributed by atoms with van der Waals surface area (Å²) in [5.41, 5.74) is 8.13. The maximum atomic E-state index is 12.6. The van der Waals surface area contributed by atoms with Crippen LogP contribution in [0.2, 0.25) is 0 Å². The predicted octanol–water partition coefficient (Wildman–Crippen LogP) is -0.758. The lowest BCUT2D eigenvalue weighted by Gasteiger charge is -2.29. The molecule has 3 rings (SSSR count). The summed E-state index contributed by atoms with van der Waals surface area (Å²) in [6.07, 6.45) is 1.29. The van der Waals surface area contributed by atoms with Crippen molar-refractivity contribution in [1.29, 1.82) is 0 Å². The Balaban J connectivity index is 2.16. The summed E-state index contributed by atoms with van der Waals surface area (Å²) in [6, 6.07) is 5.51. The summed E-state index contributed by atoms with van der Waals surface area (Å²) in [6.45, 7) is 1.07. The van der Waals surface area contributed by atoms with Gasteiger partial charge < -0.3 is 10.6 Å². The zero-order valence-corrected chi connectivity index (χ0v) is 12.3. The number of benzene rings is 1. The van der Waals surface area contributed by atoms with Gasteiger partial charge in [-0.15, -0.1) is 0 Å². The molecule has 21 heavy (non-hydrogen) atoms. The summed E-state index contributed by atoms with van der Waals surface area (Å²) in [4.78, 5) is 28.6. The van der Waals surface area contributed by atoms with Gasteiger partial charge in [-0.2, -0.15) is 0 Å². The molecular formula is C16H19N3O2. The predicted molar refractivity (Wildman–Crippen MR) is 80.5 cm³/mol. The molecule has 1 aromatic carbocycles. The number of rotatable bonds is 3. The van der Waals surface area contributed by atoms with E-state index in [4.69, 9.17) is 5.73 Å². The van der Waals surface area contributed by atoms with Gasteiger partial charge in [-0.05, 0) is 33.0 Å². The van der Waals surface area contributed by atoms with Gasteiger partial charge in [0.05, 0.1) is 0 Å².